The van der Waals surface area contributed by atoms with E-state index < -0.39 is 29.9 Å². The zero-order valence-corrected chi connectivity index (χ0v) is 22.6. The van der Waals surface area contributed by atoms with E-state index in [2.05, 4.69) is 30.4 Å². The van der Waals surface area contributed by atoms with Crippen molar-refractivity contribution in [1.29, 1.82) is 0 Å². The number of nitrogens with one attached hydrogen (secondary N) is 2. The molecule has 2 aliphatic rings. The standard InChI is InChI=1S/C29H32F3N7O2/c30-29(31,32)22-9-3-4-10-23(22)34-25(41)19-24(40)20-11-13-21(14-12-20)33-26-35-27(38-15-5-1-6-16-38)37-28(36-26)39-17-7-2-8-18-39/h3-4,9-14H,1-2,5-8,15-19H2,(H,34,41)(H,33,35,36,37). The van der Waals surface area contributed by atoms with Gasteiger partial charge < -0.3 is 20.4 Å². The van der Waals surface area contributed by atoms with Gasteiger partial charge in [0.1, 0.15) is 0 Å². The number of carbonyl (C=O) groups is 2. The number of hydrogen-bond acceptors (Lipinski definition) is 8. The lowest BCUT2D eigenvalue weighted by molar-refractivity contribution is -0.137. The molecule has 3 heterocycles. The average molecular weight is 568 g/mol. The minimum absolute atomic E-state index is 0.258. The Bertz CT molecular complexity index is 1330. The van der Waals surface area contributed by atoms with E-state index in [1.807, 2.05) is 0 Å². The van der Waals surface area contributed by atoms with Crippen molar-refractivity contribution in [2.75, 3.05) is 46.6 Å². The summed E-state index contributed by atoms with van der Waals surface area (Å²) in [4.78, 5) is 43.6. The first-order chi connectivity index (χ1) is 19.8. The van der Waals surface area contributed by atoms with Crippen LogP contribution in [0.25, 0.3) is 0 Å². The van der Waals surface area contributed by atoms with Crippen molar-refractivity contribution in [3.05, 3.63) is 59.7 Å². The highest BCUT2D eigenvalue weighted by Crippen LogP contribution is 2.34. The number of halogens is 3. The van der Waals surface area contributed by atoms with Crippen molar-refractivity contribution in [3.8, 4) is 0 Å². The van der Waals surface area contributed by atoms with Crippen molar-refractivity contribution >= 4 is 40.9 Å². The largest absolute Gasteiger partial charge is 0.418 e. The van der Waals surface area contributed by atoms with Crippen molar-refractivity contribution in [3.63, 3.8) is 0 Å². The number of anilines is 5. The van der Waals surface area contributed by atoms with Crippen LogP contribution in [0, 0.1) is 0 Å². The van der Waals surface area contributed by atoms with Gasteiger partial charge in [-0.05, 0) is 74.9 Å². The van der Waals surface area contributed by atoms with E-state index in [0.29, 0.717) is 23.5 Å². The highest BCUT2D eigenvalue weighted by molar-refractivity contribution is 6.11. The number of piperidine rings is 2. The topological polar surface area (TPSA) is 103 Å². The SMILES string of the molecule is O=C(CC(=O)c1ccc(Nc2nc(N3CCCCC3)nc(N3CCCCC3)n2)cc1)Nc1ccccc1C(F)(F)F. The van der Waals surface area contributed by atoms with Crippen LogP contribution in [-0.4, -0.2) is 52.8 Å². The number of nitrogens with zero attached hydrogens (tertiary/aromatic N) is 5. The van der Waals surface area contributed by atoms with Crippen LogP contribution in [0.1, 0.15) is 60.9 Å². The first-order valence-electron chi connectivity index (χ1n) is 13.9. The molecule has 216 valence electrons. The molecule has 1 amide bonds. The smallest absolute Gasteiger partial charge is 0.341 e. The minimum atomic E-state index is -4.63. The summed E-state index contributed by atoms with van der Waals surface area (Å²) < 4.78 is 39.6. The Morgan fingerprint density at radius 3 is 1.88 bits per heavy atom. The van der Waals surface area contributed by atoms with E-state index in [1.54, 1.807) is 24.3 Å². The number of para-hydroxylation sites is 1. The summed E-state index contributed by atoms with van der Waals surface area (Å²) in [5.74, 6) is 0.358. The van der Waals surface area contributed by atoms with Crippen molar-refractivity contribution < 1.29 is 22.8 Å². The Hall–Kier alpha value is -4.22. The minimum Gasteiger partial charge on any atom is -0.341 e. The summed E-state index contributed by atoms with van der Waals surface area (Å²) in [5.41, 5.74) is -0.456. The summed E-state index contributed by atoms with van der Waals surface area (Å²) in [6.07, 6.45) is 1.54. The number of rotatable bonds is 8. The fraction of sp³-hybridized carbons (Fsp3) is 0.414. The first kappa shape index (κ1) is 28.3. The molecule has 2 aliphatic heterocycles. The number of hydrogen-bond donors (Lipinski definition) is 2. The molecule has 2 saturated heterocycles. The maximum Gasteiger partial charge on any atom is 0.418 e. The van der Waals surface area contributed by atoms with Crippen LogP contribution >= 0.6 is 0 Å². The Morgan fingerprint density at radius 1 is 0.756 bits per heavy atom. The van der Waals surface area contributed by atoms with E-state index >= 15 is 0 Å². The maximum atomic E-state index is 13.2. The van der Waals surface area contributed by atoms with Gasteiger partial charge in [-0.3, -0.25) is 9.59 Å². The molecule has 5 rings (SSSR count). The lowest BCUT2D eigenvalue weighted by Gasteiger charge is -2.30. The predicted octanol–water partition coefficient (Wildman–Crippen LogP) is 5.83. The van der Waals surface area contributed by atoms with E-state index in [0.717, 1.165) is 64.0 Å². The van der Waals surface area contributed by atoms with Gasteiger partial charge in [0.05, 0.1) is 17.7 Å². The van der Waals surface area contributed by atoms with Crippen LogP contribution in [0.4, 0.5) is 42.4 Å². The molecule has 0 saturated carbocycles. The van der Waals surface area contributed by atoms with Gasteiger partial charge in [-0.25, -0.2) is 0 Å². The van der Waals surface area contributed by atoms with E-state index in [-0.39, 0.29) is 11.3 Å². The van der Waals surface area contributed by atoms with Crippen LogP contribution in [0.2, 0.25) is 0 Å². The molecule has 12 heteroatoms. The monoisotopic (exact) mass is 567 g/mol. The molecule has 3 aromatic rings. The third-order valence-corrected chi connectivity index (χ3v) is 7.18. The Labute approximate surface area is 236 Å². The first-order valence-corrected chi connectivity index (χ1v) is 13.9. The lowest BCUT2D eigenvalue weighted by Crippen LogP contribution is -2.34. The van der Waals surface area contributed by atoms with E-state index in [1.165, 1.54) is 25.0 Å². The molecule has 0 unspecified atom stereocenters. The molecule has 2 fully saturated rings. The number of alkyl halides is 3. The van der Waals surface area contributed by atoms with Gasteiger partial charge in [-0.2, -0.15) is 28.1 Å². The molecule has 0 atom stereocenters. The van der Waals surface area contributed by atoms with Crippen LogP contribution in [0.3, 0.4) is 0 Å². The highest BCUT2D eigenvalue weighted by atomic mass is 19.4. The van der Waals surface area contributed by atoms with Crippen LogP contribution in [-0.2, 0) is 11.0 Å². The van der Waals surface area contributed by atoms with Gasteiger partial charge >= 0.3 is 6.18 Å². The van der Waals surface area contributed by atoms with Gasteiger partial charge in [-0.1, -0.05) is 12.1 Å². The molecule has 1 aromatic heterocycles. The molecule has 41 heavy (non-hydrogen) atoms. The number of Topliss-reactive ketones (excluding diaryl/α,β-unsaturated/α-hetero) is 1. The molecular formula is C29H32F3N7O2. The molecule has 2 aromatic carbocycles. The zero-order valence-electron chi connectivity index (χ0n) is 22.6. The Kier molecular flexibility index (Phi) is 8.65. The van der Waals surface area contributed by atoms with Crippen molar-refractivity contribution in [1.82, 2.24) is 15.0 Å². The maximum absolute atomic E-state index is 13.2. The lowest BCUT2D eigenvalue weighted by atomic mass is 10.1. The third kappa shape index (κ3) is 7.30. The number of ketones is 1. The fourth-order valence-corrected chi connectivity index (χ4v) is 5.03. The molecular weight excluding hydrogens is 535 g/mol. The summed E-state index contributed by atoms with van der Waals surface area (Å²) in [6, 6.07) is 11.1. The van der Waals surface area contributed by atoms with Crippen LogP contribution in [0.5, 0.6) is 0 Å². The van der Waals surface area contributed by atoms with Crippen LogP contribution in [0.15, 0.2) is 48.5 Å². The quantitative estimate of drug-likeness (QED) is 0.259. The Balaban J connectivity index is 1.26. The Morgan fingerprint density at radius 2 is 1.32 bits per heavy atom. The number of aromatic nitrogens is 3. The number of carbonyl (C=O) groups excluding carboxylic acids is 2. The molecule has 2 N–H and O–H groups in total. The number of benzene rings is 2. The second-order valence-electron chi connectivity index (χ2n) is 10.2. The summed E-state index contributed by atoms with van der Waals surface area (Å²) >= 11 is 0. The van der Waals surface area contributed by atoms with Gasteiger partial charge in [0.15, 0.2) is 5.78 Å². The van der Waals surface area contributed by atoms with Crippen molar-refractivity contribution in [2.24, 2.45) is 0 Å². The van der Waals surface area contributed by atoms with Crippen LogP contribution < -0.4 is 20.4 Å². The van der Waals surface area contributed by atoms with Gasteiger partial charge in [0.25, 0.3) is 0 Å². The number of amides is 1. The predicted molar refractivity (Wildman–Crippen MR) is 151 cm³/mol. The second-order valence-corrected chi connectivity index (χ2v) is 10.2. The van der Waals surface area contributed by atoms with E-state index in [4.69, 9.17) is 4.98 Å². The van der Waals surface area contributed by atoms with Gasteiger partial charge in [0.2, 0.25) is 23.8 Å². The summed E-state index contributed by atoms with van der Waals surface area (Å²) in [6.45, 7) is 3.59. The van der Waals surface area contributed by atoms with E-state index in [9.17, 15) is 22.8 Å². The zero-order chi connectivity index (χ0) is 28.8. The average Bonchev–Trinajstić information content (AvgIpc) is 2.98. The van der Waals surface area contributed by atoms with Gasteiger partial charge in [0, 0.05) is 37.4 Å². The molecule has 0 aliphatic carbocycles. The fourth-order valence-electron chi connectivity index (χ4n) is 5.03. The molecule has 0 spiro atoms. The molecule has 0 radical (unpaired) electrons. The normalized spacial score (nSPS) is 15.9. The van der Waals surface area contributed by atoms with Gasteiger partial charge in [-0.15, -0.1) is 0 Å². The summed E-state index contributed by atoms with van der Waals surface area (Å²) in [5, 5.41) is 5.41. The highest BCUT2D eigenvalue weighted by Gasteiger charge is 2.33. The third-order valence-electron chi connectivity index (χ3n) is 7.18. The molecule has 0 bridgehead atoms. The second kappa shape index (κ2) is 12.5. The molecule has 9 nitrogen and oxygen atoms in total. The van der Waals surface area contributed by atoms with Crippen molar-refractivity contribution in [2.45, 2.75) is 51.1 Å². The summed E-state index contributed by atoms with van der Waals surface area (Å²) in [7, 11) is 0.